The van der Waals surface area contributed by atoms with Crippen molar-refractivity contribution in [2.24, 2.45) is 0 Å². The van der Waals surface area contributed by atoms with Gasteiger partial charge in [-0.2, -0.15) is 0 Å². The Bertz CT molecular complexity index is 1040. The molecule has 0 bridgehead atoms. The van der Waals surface area contributed by atoms with Gasteiger partial charge in [-0.3, -0.25) is 9.69 Å². The Balaban J connectivity index is 1.55. The van der Waals surface area contributed by atoms with Gasteiger partial charge in [0.15, 0.2) is 0 Å². The van der Waals surface area contributed by atoms with E-state index in [9.17, 15) is 13.6 Å². The fraction of sp³-hybridized carbons (Fsp3) is 0.227. The standard InChI is InChI=1S/C22H21F2N5O/c23-15-5-3-14(4-6-15)18-12-26-22(25)28-21(18)19-2-1-11-29(19)13-20(30)27-17-9-7-16(24)8-10-17/h3-10,12,19H,1-2,11,13H2,(H,27,30)(H2,25,26,28). The molecule has 0 spiro atoms. The van der Waals surface area contributed by atoms with Crippen LogP contribution in [0.3, 0.4) is 0 Å². The first kappa shape index (κ1) is 19.9. The summed E-state index contributed by atoms with van der Waals surface area (Å²) >= 11 is 0. The van der Waals surface area contributed by atoms with E-state index in [1.807, 2.05) is 4.90 Å². The van der Waals surface area contributed by atoms with Crippen LogP contribution in [0.15, 0.2) is 54.7 Å². The largest absolute Gasteiger partial charge is 0.368 e. The Morgan fingerprint density at radius 3 is 2.47 bits per heavy atom. The van der Waals surface area contributed by atoms with Crippen LogP contribution in [0.2, 0.25) is 0 Å². The van der Waals surface area contributed by atoms with Crippen LogP contribution in [0.1, 0.15) is 24.6 Å². The highest BCUT2D eigenvalue weighted by Crippen LogP contribution is 2.36. The van der Waals surface area contributed by atoms with Gasteiger partial charge in [0, 0.05) is 17.4 Å². The average molecular weight is 409 g/mol. The molecule has 3 N–H and O–H groups in total. The van der Waals surface area contributed by atoms with E-state index in [-0.39, 0.29) is 36.1 Å². The molecule has 1 fully saturated rings. The third kappa shape index (κ3) is 4.44. The predicted octanol–water partition coefficient (Wildman–Crippen LogP) is 3.78. The second kappa shape index (κ2) is 8.54. The number of likely N-dealkylation sites (tertiary alicyclic amines) is 1. The smallest absolute Gasteiger partial charge is 0.238 e. The molecule has 1 unspecified atom stereocenters. The number of carbonyl (C=O) groups excluding carboxylic acids is 1. The summed E-state index contributed by atoms with van der Waals surface area (Å²) in [6, 6.07) is 11.6. The van der Waals surface area contributed by atoms with Gasteiger partial charge in [-0.15, -0.1) is 0 Å². The normalized spacial score (nSPS) is 16.5. The van der Waals surface area contributed by atoms with E-state index < -0.39 is 0 Å². The van der Waals surface area contributed by atoms with E-state index in [0.29, 0.717) is 5.69 Å². The summed E-state index contributed by atoms with van der Waals surface area (Å²) in [7, 11) is 0. The van der Waals surface area contributed by atoms with Crippen LogP contribution in [0.25, 0.3) is 11.1 Å². The molecule has 1 aromatic heterocycles. The van der Waals surface area contributed by atoms with Gasteiger partial charge in [-0.05, 0) is 61.3 Å². The van der Waals surface area contributed by atoms with Crippen molar-refractivity contribution in [3.05, 3.63) is 72.1 Å². The fourth-order valence-electron chi connectivity index (χ4n) is 3.76. The molecule has 154 valence electrons. The summed E-state index contributed by atoms with van der Waals surface area (Å²) in [5.41, 5.74) is 8.66. The number of carbonyl (C=O) groups is 1. The third-order valence-electron chi connectivity index (χ3n) is 5.15. The maximum absolute atomic E-state index is 13.3. The van der Waals surface area contributed by atoms with E-state index in [2.05, 4.69) is 15.3 Å². The van der Waals surface area contributed by atoms with Gasteiger partial charge in [0.1, 0.15) is 11.6 Å². The van der Waals surface area contributed by atoms with E-state index in [1.54, 1.807) is 18.3 Å². The lowest BCUT2D eigenvalue weighted by Crippen LogP contribution is -2.33. The lowest BCUT2D eigenvalue weighted by Gasteiger charge is -2.25. The summed E-state index contributed by atoms with van der Waals surface area (Å²) in [6.07, 6.45) is 3.36. The molecular formula is C22H21F2N5O. The summed E-state index contributed by atoms with van der Waals surface area (Å²) < 4.78 is 26.4. The molecule has 2 heterocycles. The quantitative estimate of drug-likeness (QED) is 0.670. The molecule has 3 aromatic rings. The van der Waals surface area contributed by atoms with Crippen LogP contribution < -0.4 is 11.1 Å². The Kier molecular flexibility index (Phi) is 5.67. The van der Waals surface area contributed by atoms with Crippen LogP contribution in [-0.4, -0.2) is 33.9 Å². The van der Waals surface area contributed by atoms with Crippen LogP contribution in [0.4, 0.5) is 20.4 Å². The maximum Gasteiger partial charge on any atom is 0.238 e. The minimum absolute atomic E-state index is 0.116. The van der Waals surface area contributed by atoms with Crippen LogP contribution in [0.5, 0.6) is 0 Å². The Morgan fingerprint density at radius 1 is 1.10 bits per heavy atom. The van der Waals surface area contributed by atoms with Gasteiger partial charge in [0.2, 0.25) is 11.9 Å². The number of anilines is 2. The number of nitrogens with one attached hydrogen (secondary N) is 1. The number of amides is 1. The van der Waals surface area contributed by atoms with Gasteiger partial charge in [-0.25, -0.2) is 18.7 Å². The molecule has 8 heteroatoms. The van der Waals surface area contributed by atoms with Gasteiger partial charge < -0.3 is 11.1 Å². The van der Waals surface area contributed by atoms with Crippen molar-refractivity contribution < 1.29 is 13.6 Å². The van der Waals surface area contributed by atoms with Crippen molar-refractivity contribution in [1.82, 2.24) is 14.9 Å². The monoisotopic (exact) mass is 409 g/mol. The van der Waals surface area contributed by atoms with E-state index in [1.165, 1.54) is 36.4 Å². The van der Waals surface area contributed by atoms with Crippen molar-refractivity contribution in [1.29, 1.82) is 0 Å². The lowest BCUT2D eigenvalue weighted by atomic mass is 10.00. The first-order valence-corrected chi connectivity index (χ1v) is 9.67. The van der Waals surface area contributed by atoms with E-state index in [0.717, 1.165) is 36.2 Å². The van der Waals surface area contributed by atoms with Crippen molar-refractivity contribution in [2.45, 2.75) is 18.9 Å². The molecule has 1 amide bonds. The SMILES string of the molecule is Nc1ncc(-c2ccc(F)cc2)c(C2CCCN2CC(=O)Nc2ccc(F)cc2)n1. The Labute approximate surface area is 172 Å². The highest BCUT2D eigenvalue weighted by atomic mass is 19.1. The molecule has 4 rings (SSSR count). The summed E-state index contributed by atoms with van der Waals surface area (Å²) in [5.74, 6) is -0.726. The zero-order valence-electron chi connectivity index (χ0n) is 16.2. The highest BCUT2D eigenvalue weighted by molar-refractivity contribution is 5.92. The Hall–Kier alpha value is -3.39. The second-order valence-corrected chi connectivity index (χ2v) is 7.22. The molecule has 0 aliphatic carbocycles. The molecule has 1 atom stereocenters. The number of halogens is 2. The minimum Gasteiger partial charge on any atom is -0.368 e. The summed E-state index contributed by atoms with van der Waals surface area (Å²) in [5, 5.41) is 2.79. The van der Waals surface area contributed by atoms with E-state index >= 15 is 0 Å². The number of nitrogens with two attached hydrogens (primary N) is 1. The van der Waals surface area contributed by atoms with Crippen LogP contribution in [-0.2, 0) is 4.79 Å². The number of rotatable bonds is 5. The van der Waals surface area contributed by atoms with Crippen LogP contribution in [0, 0.1) is 11.6 Å². The number of nitrogens with zero attached hydrogens (tertiary/aromatic N) is 3. The predicted molar refractivity (Wildman–Crippen MR) is 110 cm³/mol. The Morgan fingerprint density at radius 2 is 1.77 bits per heavy atom. The summed E-state index contributed by atoms with van der Waals surface area (Å²) in [4.78, 5) is 23.1. The zero-order valence-corrected chi connectivity index (χ0v) is 16.2. The van der Waals surface area contributed by atoms with Crippen molar-refractivity contribution in [3.63, 3.8) is 0 Å². The second-order valence-electron chi connectivity index (χ2n) is 7.22. The fourth-order valence-corrected chi connectivity index (χ4v) is 3.76. The molecule has 0 saturated carbocycles. The number of nitrogen functional groups attached to an aromatic ring is 1. The van der Waals surface area contributed by atoms with Gasteiger partial charge >= 0.3 is 0 Å². The molecule has 30 heavy (non-hydrogen) atoms. The average Bonchev–Trinajstić information content (AvgIpc) is 3.18. The number of hydrogen-bond donors (Lipinski definition) is 2. The van der Waals surface area contributed by atoms with Gasteiger partial charge in [0.05, 0.1) is 18.3 Å². The molecule has 1 saturated heterocycles. The number of hydrogen-bond acceptors (Lipinski definition) is 5. The zero-order chi connectivity index (χ0) is 21.1. The third-order valence-corrected chi connectivity index (χ3v) is 5.15. The molecule has 1 aliphatic heterocycles. The number of benzene rings is 2. The first-order chi connectivity index (χ1) is 14.5. The van der Waals surface area contributed by atoms with E-state index in [4.69, 9.17) is 5.73 Å². The molecule has 2 aromatic carbocycles. The number of aromatic nitrogens is 2. The molecule has 1 aliphatic rings. The van der Waals surface area contributed by atoms with Crippen molar-refractivity contribution >= 4 is 17.5 Å². The lowest BCUT2D eigenvalue weighted by molar-refractivity contribution is -0.117. The highest BCUT2D eigenvalue weighted by Gasteiger charge is 2.31. The van der Waals surface area contributed by atoms with Gasteiger partial charge in [0.25, 0.3) is 0 Å². The first-order valence-electron chi connectivity index (χ1n) is 9.67. The minimum atomic E-state index is -0.359. The van der Waals surface area contributed by atoms with Crippen molar-refractivity contribution in [2.75, 3.05) is 24.1 Å². The maximum atomic E-state index is 13.3. The molecule has 6 nitrogen and oxygen atoms in total. The van der Waals surface area contributed by atoms with Gasteiger partial charge in [-0.1, -0.05) is 12.1 Å². The molecular weight excluding hydrogens is 388 g/mol. The molecule has 0 radical (unpaired) electrons. The summed E-state index contributed by atoms with van der Waals surface area (Å²) in [6.45, 7) is 0.892. The topological polar surface area (TPSA) is 84.1 Å². The van der Waals surface area contributed by atoms with Crippen LogP contribution >= 0.6 is 0 Å². The van der Waals surface area contributed by atoms with Crippen molar-refractivity contribution in [3.8, 4) is 11.1 Å².